The largest absolute Gasteiger partial charge is 0.480 e. The van der Waals surface area contributed by atoms with Crippen LogP contribution in [0, 0.1) is 0 Å². The van der Waals surface area contributed by atoms with Crippen LogP contribution < -0.4 is 21.1 Å². The number of aromatic nitrogens is 4. The summed E-state index contributed by atoms with van der Waals surface area (Å²) in [6.45, 7) is 0.603. The van der Waals surface area contributed by atoms with Crippen LogP contribution in [0.2, 0.25) is 0 Å². The van der Waals surface area contributed by atoms with Gasteiger partial charge in [-0.3, -0.25) is 9.78 Å². The number of amides is 1. The summed E-state index contributed by atoms with van der Waals surface area (Å²) in [7, 11) is 3.15. The number of nitrogens with two attached hydrogens (primary N) is 1. The number of nitrogens with one attached hydrogen (secondary N) is 2. The van der Waals surface area contributed by atoms with Crippen molar-refractivity contribution < 1.29 is 9.53 Å². The van der Waals surface area contributed by atoms with E-state index in [9.17, 15) is 4.79 Å². The second-order valence-electron chi connectivity index (χ2n) is 7.40. The highest BCUT2D eigenvalue weighted by Gasteiger charge is 2.18. The van der Waals surface area contributed by atoms with Gasteiger partial charge in [0.15, 0.2) is 0 Å². The Kier molecular flexibility index (Phi) is 7.07. The summed E-state index contributed by atoms with van der Waals surface area (Å²) in [5.41, 5.74) is 10.4. The lowest BCUT2D eigenvalue weighted by molar-refractivity contribution is 0.0964. The number of hydrogen-bond donors (Lipinski definition) is 3. The summed E-state index contributed by atoms with van der Waals surface area (Å²) < 4.78 is 5.13. The van der Waals surface area contributed by atoms with E-state index >= 15 is 0 Å². The summed E-state index contributed by atoms with van der Waals surface area (Å²) in [6.07, 6.45) is 6.89. The molecule has 10 heteroatoms. The molecule has 4 rings (SSSR count). The molecule has 1 aromatic carbocycles. The normalized spacial score (nSPS) is 11.7. The first-order chi connectivity index (χ1) is 16.5. The lowest BCUT2D eigenvalue weighted by atomic mass is 10.0. The van der Waals surface area contributed by atoms with Crippen molar-refractivity contribution in [2.45, 2.75) is 5.25 Å². The lowest BCUT2D eigenvalue weighted by Crippen LogP contribution is -2.18. The molecule has 34 heavy (non-hydrogen) atoms. The molecule has 0 fully saturated rings. The molecule has 1 atom stereocenters. The number of fused-ring (bicyclic) bond motifs is 1. The van der Waals surface area contributed by atoms with E-state index in [2.05, 4.69) is 30.6 Å². The van der Waals surface area contributed by atoms with Crippen molar-refractivity contribution in [3.8, 4) is 17.1 Å². The third-order valence-electron chi connectivity index (χ3n) is 5.41. The maximum atomic E-state index is 12.3. The van der Waals surface area contributed by atoms with Crippen molar-refractivity contribution in [3.05, 3.63) is 66.2 Å². The van der Waals surface area contributed by atoms with Crippen LogP contribution in [-0.2, 0) is 0 Å². The molecular weight excluding hydrogens is 450 g/mol. The van der Waals surface area contributed by atoms with Gasteiger partial charge in [0.25, 0.3) is 5.91 Å². The number of rotatable bonds is 8. The van der Waals surface area contributed by atoms with E-state index in [1.165, 1.54) is 13.4 Å². The average Bonchev–Trinajstić information content (AvgIpc) is 2.88. The molecule has 4 N–H and O–H groups in total. The van der Waals surface area contributed by atoms with Crippen molar-refractivity contribution in [2.75, 3.05) is 38.0 Å². The number of carbonyl (C=O) groups is 1. The van der Waals surface area contributed by atoms with Crippen molar-refractivity contribution >= 4 is 40.1 Å². The minimum atomic E-state index is -0.134. The topological polar surface area (TPSA) is 128 Å². The van der Waals surface area contributed by atoms with E-state index < -0.39 is 0 Å². The second kappa shape index (κ2) is 10.3. The first kappa shape index (κ1) is 23.2. The molecule has 1 unspecified atom stereocenters. The van der Waals surface area contributed by atoms with Crippen LogP contribution in [0.4, 0.5) is 11.5 Å². The van der Waals surface area contributed by atoms with Crippen LogP contribution in [0.25, 0.3) is 22.2 Å². The summed E-state index contributed by atoms with van der Waals surface area (Å²) in [5.74, 6) is 0.922. The average molecular weight is 476 g/mol. The van der Waals surface area contributed by atoms with Crippen LogP contribution in [0.1, 0.15) is 21.2 Å². The molecule has 0 aliphatic rings. The van der Waals surface area contributed by atoms with Crippen LogP contribution in [0.15, 0.2) is 55.1 Å². The summed E-state index contributed by atoms with van der Waals surface area (Å²) in [5, 5.41) is 7.00. The first-order valence-electron chi connectivity index (χ1n) is 10.5. The Morgan fingerprint density at radius 2 is 2.03 bits per heavy atom. The zero-order chi connectivity index (χ0) is 24.1. The molecule has 9 nitrogen and oxygen atoms in total. The number of nitrogen functional groups attached to an aromatic ring is 1. The van der Waals surface area contributed by atoms with Crippen LogP contribution in [0.5, 0.6) is 5.88 Å². The maximum absolute atomic E-state index is 12.3. The maximum Gasteiger partial charge on any atom is 0.251 e. The third kappa shape index (κ3) is 4.72. The van der Waals surface area contributed by atoms with Gasteiger partial charge in [0.1, 0.15) is 12.1 Å². The van der Waals surface area contributed by atoms with Gasteiger partial charge in [-0.2, -0.15) is 11.8 Å². The monoisotopic (exact) mass is 475 g/mol. The fourth-order valence-electron chi connectivity index (χ4n) is 3.70. The highest BCUT2D eigenvalue weighted by Crippen LogP contribution is 2.33. The zero-order valence-corrected chi connectivity index (χ0v) is 19.9. The smallest absolute Gasteiger partial charge is 0.251 e. The van der Waals surface area contributed by atoms with E-state index in [4.69, 9.17) is 10.5 Å². The second-order valence-corrected chi connectivity index (χ2v) is 8.44. The molecule has 0 aliphatic carbocycles. The lowest BCUT2D eigenvalue weighted by Gasteiger charge is -2.18. The minimum absolute atomic E-state index is 0.0767. The fourth-order valence-corrected chi connectivity index (χ4v) is 4.39. The van der Waals surface area contributed by atoms with Gasteiger partial charge in [-0.05, 0) is 24.0 Å². The molecular formula is C24H25N7O2S. The van der Waals surface area contributed by atoms with Gasteiger partial charge in [-0.25, -0.2) is 15.0 Å². The van der Waals surface area contributed by atoms with Gasteiger partial charge >= 0.3 is 0 Å². The van der Waals surface area contributed by atoms with Gasteiger partial charge in [0.2, 0.25) is 5.88 Å². The predicted molar refractivity (Wildman–Crippen MR) is 136 cm³/mol. The summed E-state index contributed by atoms with van der Waals surface area (Å²) in [4.78, 5) is 29.8. The van der Waals surface area contributed by atoms with E-state index in [0.29, 0.717) is 35.2 Å². The number of thioether (sulfide) groups is 1. The Labute approximate surface area is 201 Å². The molecule has 4 aromatic rings. The summed E-state index contributed by atoms with van der Waals surface area (Å²) >= 11 is 1.70. The number of benzene rings is 1. The molecule has 0 spiro atoms. The van der Waals surface area contributed by atoms with Crippen LogP contribution >= 0.6 is 11.8 Å². The number of anilines is 2. The number of methoxy groups -OCH3 is 1. The highest BCUT2D eigenvalue weighted by atomic mass is 32.2. The van der Waals surface area contributed by atoms with Crippen molar-refractivity contribution in [3.63, 3.8) is 0 Å². The number of ether oxygens (including phenoxy) is 1. The van der Waals surface area contributed by atoms with Gasteiger partial charge in [-0.15, -0.1) is 0 Å². The quantitative estimate of drug-likeness (QED) is 0.350. The molecule has 174 valence electrons. The summed E-state index contributed by atoms with van der Waals surface area (Å²) in [6, 6.07) is 11.3. The Morgan fingerprint density at radius 3 is 2.76 bits per heavy atom. The van der Waals surface area contributed by atoms with Gasteiger partial charge in [0, 0.05) is 48.3 Å². The van der Waals surface area contributed by atoms with Gasteiger partial charge in [-0.1, -0.05) is 18.2 Å². The number of pyridine rings is 2. The number of hydrogen-bond acceptors (Lipinski definition) is 9. The van der Waals surface area contributed by atoms with Crippen LogP contribution in [-0.4, -0.2) is 52.8 Å². The Bertz CT molecular complexity index is 1330. The predicted octanol–water partition coefficient (Wildman–Crippen LogP) is 3.55. The van der Waals surface area contributed by atoms with Crippen molar-refractivity contribution in [1.82, 2.24) is 25.3 Å². The molecule has 1 amide bonds. The third-order valence-corrected chi connectivity index (χ3v) is 6.40. The molecule has 3 aromatic heterocycles. The fraction of sp³-hybridized carbons (Fsp3) is 0.208. The molecule has 0 aliphatic heterocycles. The Hall–Kier alpha value is -3.92. The molecule has 0 saturated carbocycles. The van der Waals surface area contributed by atoms with Gasteiger partial charge in [0.05, 0.1) is 29.6 Å². The highest BCUT2D eigenvalue weighted by molar-refractivity contribution is 7.98. The van der Waals surface area contributed by atoms with Crippen molar-refractivity contribution in [1.29, 1.82) is 0 Å². The first-order valence-corrected chi connectivity index (χ1v) is 11.8. The molecule has 0 saturated heterocycles. The van der Waals surface area contributed by atoms with E-state index in [1.54, 1.807) is 43.3 Å². The Morgan fingerprint density at radius 1 is 1.18 bits per heavy atom. The van der Waals surface area contributed by atoms with Crippen molar-refractivity contribution in [2.24, 2.45) is 0 Å². The number of carbonyl (C=O) groups excluding carboxylic acids is 1. The molecule has 0 bridgehead atoms. The van der Waals surface area contributed by atoms with E-state index in [-0.39, 0.29) is 11.2 Å². The van der Waals surface area contributed by atoms with Crippen LogP contribution in [0.3, 0.4) is 0 Å². The minimum Gasteiger partial charge on any atom is -0.480 e. The Balaban J connectivity index is 1.58. The number of para-hydroxylation sites is 1. The number of nitrogens with zero attached hydrogens (tertiary/aromatic N) is 4. The van der Waals surface area contributed by atoms with E-state index in [1.807, 2.05) is 30.5 Å². The van der Waals surface area contributed by atoms with Gasteiger partial charge < -0.3 is 21.1 Å². The standard InChI is InChI=1S/C24H25N7O2S/c1-26-23(32)16-7-8-27-22-15(16)5-4-6-17(22)20(34-3)12-28-21-10-19(30-13-31-21)14-9-18(25)24(33-2)29-11-14/h4-11,13,20H,12,25H2,1-3H3,(H,26,32)(H,28,30,31). The SMILES string of the molecule is CNC(=O)c1ccnc2c(C(CNc3cc(-c4cnc(OC)c(N)c4)ncn3)SC)cccc12. The van der Waals surface area contributed by atoms with E-state index in [0.717, 1.165) is 22.0 Å². The molecule has 0 radical (unpaired) electrons. The zero-order valence-electron chi connectivity index (χ0n) is 19.1. The molecule has 3 heterocycles.